The standard InChI is InChI=1S/C18H24O3/c1-11-13-9-7-8-10-14(13)12(2)18(5,6)16(20)21-15(19)17(11,3)4/h7-12H,1-6H3. The van der Waals surface area contributed by atoms with E-state index in [4.69, 9.17) is 4.74 Å². The van der Waals surface area contributed by atoms with Crippen molar-refractivity contribution in [3.05, 3.63) is 35.4 Å². The number of hydrogen-bond donors (Lipinski definition) is 0. The molecule has 0 aliphatic carbocycles. The average Bonchev–Trinajstić information content (AvgIpc) is 2.45. The lowest BCUT2D eigenvalue weighted by Gasteiger charge is -2.31. The Bertz CT molecular complexity index is 533. The monoisotopic (exact) mass is 288 g/mol. The highest BCUT2D eigenvalue weighted by molar-refractivity contribution is 5.92. The van der Waals surface area contributed by atoms with Crippen LogP contribution in [0, 0.1) is 10.8 Å². The van der Waals surface area contributed by atoms with Crippen molar-refractivity contribution in [2.24, 2.45) is 10.8 Å². The van der Waals surface area contributed by atoms with Gasteiger partial charge in [0.1, 0.15) is 0 Å². The third-order valence-corrected chi connectivity index (χ3v) is 5.33. The first-order valence-corrected chi connectivity index (χ1v) is 7.45. The van der Waals surface area contributed by atoms with E-state index in [1.54, 1.807) is 0 Å². The Balaban J connectivity index is 2.71. The zero-order valence-electron chi connectivity index (χ0n) is 13.7. The average molecular weight is 288 g/mol. The number of carbonyl (C=O) groups is 2. The summed E-state index contributed by atoms with van der Waals surface area (Å²) in [4.78, 5) is 24.8. The Morgan fingerprint density at radius 3 is 1.48 bits per heavy atom. The molecule has 21 heavy (non-hydrogen) atoms. The third-order valence-electron chi connectivity index (χ3n) is 5.33. The summed E-state index contributed by atoms with van der Waals surface area (Å²) >= 11 is 0. The normalized spacial score (nSPS) is 27.9. The molecule has 0 spiro atoms. The number of fused-ring (bicyclic) bond motifs is 1. The molecule has 2 unspecified atom stereocenters. The maximum absolute atomic E-state index is 12.4. The fourth-order valence-corrected chi connectivity index (χ4v) is 2.78. The molecule has 114 valence electrons. The molecular formula is C18H24O3. The second-order valence-electron chi connectivity index (χ2n) is 7.19. The van der Waals surface area contributed by atoms with Crippen LogP contribution in [0.5, 0.6) is 0 Å². The SMILES string of the molecule is CC1c2ccccc2C(C)C(C)(C)C(=O)OC(=O)C1(C)C. The Labute approximate surface area is 126 Å². The molecule has 0 bridgehead atoms. The summed E-state index contributed by atoms with van der Waals surface area (Å²) in [6, 6.07) is 8.07. The highest BCUT2D eigenvalue weighted by Gasteiger charge is 2.46. The van der Waals surface area contributed by atoms with Crippen LogP contribution in [0.4, 0.5) is 0 Å². The van der Waals surface area contributed by atoms with Crippen molar-refractivity contribution >= 4 is 11.9 Å². The number of hydrogen-bond acceptors (Lipinski definition) is 3. The Morgan fingerprint density at radius 1 is 0.810 bits per heavy atom. The van der Waals surface area contributed by atoms with Gasteiger partial charge < -0.3 is 4.74 Å². The van der Waals surface area contributed by atoms with Crippen molar-refractivity contribution in [2.45, 2.75) is 53.4 Å². The molecule has 0 fully saturated rings. The van der Waals surface area contributed by atoms with E-state index in [0.717, 1.165) is 11.1 Å². The van der Waals surface area contributed by atoms with Gasteiger partial charge in [-0.25, -0.2) is 0 Å². The van der Waals surface area contributed by atoms with Crippen molar-refractivity contribution < 1.29 is 14.3 Å². The maximum Gasteiger partial charge on any atom is 0.319 e. The lowest BCUT2D eigenvalue weighted by Crippen LogP contribution is -2.37. The molecule has 1 heterocycles. The quantitative estimate of drug-likeness (QED) is 0.535. The maximum atomic E-state index is 12.4. The van der Waals surface area contributed by atoms with Gasteiger partial charge in [-0.15, -0.1) is 0 Å². The number of ether oxygens (including phenoxy) is 1. The summed E-state index contributed by atoms with van der Waals surface area (Å²) in [6.07, 6.45) is 0. The van der Waals surface area contributed by atoms with E-state index < -0.39 is 22.8 Å². The molecule has 0 radical (unpaired) electrons. The van der Waals surface area contributed by atoms with Crippen LogP contribution in [0.2, 0.25) is 0 Å². The Morgan fingerprint density at radius 2 is 1.14 bits per heavy atom. The fourth-order valence-electron chi connectivity index (χ4n) is 2.78. The topological polar surface area (TPSA) is 43.4 Å². The first-order chi connectivity index (χ1) is 9.60. The van der Waals surface area contributed by atoms with Gasteiger partial charge in [0, 0.05) is 0 Å². The van der Waals surface area contributed by atoms with Crippen molar-refractivity contribution in [1.82, 2.24) is 0 Å². The van der Waals surface area contributed by atoms with Gasteiger partial charge in [0.25, 0.3) is 0 Å². The van der Waals surface area contributed by atoms with Gasteiger partial charge in [-0.1, -0.05) is 38.1 Å². The summed E-state index contributed by atoms with van der Waals surface area (Å²) in [6.45, 7) is 11.4. The molecule has 2 rings (SSSR count). The Kier molecular flexibility index (Phi) is 3.73. The molecule has 0 aromatic heterocycles. The van der Waals surface area contributed by atoms with Gasteiger partial charge in [-0.05, 0) is 50.7 Å². The van der Waals surface area contributed by atoms with E-state index in [0.29, 0.717) is 0 Å². The third kappa shape index (κ3) is 2.39. The van der Waals surface area contributed by atoms with Crippen LogP contribution < -0.4 is 0 Å². The van der Waals surface area contributed by atoms with E-state index in [2.05, 4.69) is 12.1 Å². The van der Waals surface area contributed by atoms with Gasteiger partial charge >= 0.3 is 11.9 Å². The molecule has 3 heteroatoms. The van der Waals surface area contributed by atoms with Crippen LogP contribution in [0.15, 0.2) is 24.3 Å². The summed E-state index contributed by atoms with van der Waals surface area (Å²) in [7, 11) is 0. The molecular weight excluding hydrogens is 264 g/mol. The Hall–Kier alpha value is -1.64. The fraction of sp³-hybridized carbons (Fsp3) is 0.556. The van der Waals surface area contributed by atoms with Gasteiger partial charge in [0.05, 0.1) is 10.8 Å². The summed E-state index contributed by atoms with van der Waals surface area (Å²) < 4.78 is 5.20. The number of cyclic esters (lactones) is 2. The molecule has 2 atom stereocenters. The number of carbonyl (C=O) groups excluding carboxylic acids is 2. The van der Waals surface area contributed by atoms with E-state index >= 15 is 0 Å². The van der Waals surface area contributed by atoms with Gasteiger partial charge in [-0.3, -0.25) is 9.59 Å². The zero-order valence-corrected chi connectivity index (χ0v) is 13.7. The first-order valence-electron chi connectivity index (χ1n) is 7.45. The van der Waals surface area contributed by atoms with Gasteiger partial charge in [-0.2, -0.15) is 0 Å². The van der Waals surface area contributed by atoms with E-state index in [1.165, 1.54) is 0 Å². The van der Waals surface area contributed by atoms with Crippen molar-refractivity contribution in [1.29, 1.82) is 0 Å². The molecule has 1 aliphatic heterocycles. The molecule has 1 aromatic rings. The molecule has 1 aromatic carbocycles. The minimum atomic E-state index is -0.744. The highest BCUT2D eigenvalue weighted by atomic mass is 16.6. The molecule has 1 aliphatic rings. The number of esters is 2. The summed E-state index contributed by atoms with van der Waals surface area (Å²) in [5.74, 6) is -0.940. The minimum absolute atomic E-state index is 0.0228. The van der Waals surface area contributed by atoms with Crippen LogP contribution in [0.25, 0.3) is 0 Å². The number of benzene rings is 1. The molecule has 0 saturated carbocycles. The summed E-state index contributed by atoms with van der Waals surface area (Å²) in [5, 5.41) is 0. The van der Waals surface area contributed by atoms with E-state index in [9.17, 15) is 9.59 Å². The van der Waals surface area contributed by atoms with Crippen LogP contribution in [-0.4, -0.2) is 11.9 Å². The zero-order chi connectivity index (χ0) is 16.0. The van der Waals surface area contributed by atoms with Gasteiger partial charge in [0.15, 0.2) is 0 Å². The molecule has 0 N–H and O–H groups in total. The predicted molar refractivity (Wildman–Crippen MR) is 81.9 cm³/mol. The second-order valence-corrected chi connectivity index (χ2v) is 7.19. The smallest absolute Gasteiger partial charge is 0.319 e. The van der Waals surface area contributed by atoms with Crippen LogP contribution in [0.3, 0.4) is 0 Å². The predicted octanol–water partition coefficient (Wildman–Crippen LogP) is 4.03. The van der Waals surface area contributed by atoms with Crippen molar-refractivity contribution in [2.75, 3.05) is 0 Å². The molecule has 0 amide bonds. The van der Waals surface area contributed by atoms with E-state index in [-0.39, 0.29) is 11.8 Å². The lowest BCUT2D eigenvalue weighted by atomic mass is 9.70. The van der Waals surface area contributed by atoms with Crippen LogP contribution in [-0.2, 0) is 14.3 Å². The molecule has 0 saturated heterocycles. The van der Waals surface area contributed by atoms with Crippen molar-refractivity contribution in [3.8, 4) is 0 Å². The van der Waals surface area contributed by atoms with Crippen LogP contribution >= 0.6 is 0 Å². The van der Waals surface area contributed by atoms with Crippen LogP contribution in [0.1, 0.15) is 64.5 Å². The number of rotatable bonds is 0. The summed E-state index contributed by atoms with van der Waals surface area (Å²) in [5.41, 5.74) is 0.752. The van der Waals surface area contributed by atoms with Crippen molar-refractivity contribution in [3.63, 3.8) is 0 Å². The largest absolute Gasteiger partial charge is 0.392 e. The van der Waals surface area contributed by atoms with E-state index in [1.807, 2.05) is 53.7 Å². The first kappa shape index (κ1) is 15.7. The second kappa shape index (κ2) is 4.97. The molecule has 3 nitrogen and oxygen atoms in total. The van der Waals surface area contributed by atoms with Gasteiger partial charge in [0.2, 0.25) is 0 Å². The highest BCUT2D eigenvalue weighted by Crippen LogP contribution is 2.46. The minimum Gasteiger partial charge on any atom is -0.392 e. The lowest BCUT2D eigenvalue weighted by molar-refractivity contribution is -0.173.